The van der Waals surface area contributed by atoms with Gasteiger partial charge in [0, 0.05) is 11.8 Å². The Kier molecular flexibility index (Phi) is 7.91. The fourth-order valence-corrected chi connectivity index (χ4v) is 4.60. The highest BCUT2D eigenvalue weighted by molar-refractivity contribution is 5.98. The van der Waals surface area contributed by atoms with Crippen molar-refractivity contribution >= 4 is 23.5 Å². The van der Waals surface area contributed by atoms with Crippen molar-refractivity contribution in [2.45, 2.75) is 44.7 Å². The molecule has 0 saturated heterocycles. The van der Waals surface area contributed by atoms with Crippen LogP contribution in [0.15, 0.2) is 70.1 Å². The largest absolute Gasteiger partial charge is 0.453 e. The fourth-order valence-electron chi connectivity index (χ4n) is 4.60. The average molecular weight is 572 g/mol. The molecule has 5 rings (SSSR count). The van der Waals surface area contributed by atoms with Crippen LogP contribution in [0.1, 0.15) is 49.0 Å². The minimum absolute atomic E-state index is 0.175. The normalized spacial score (nSPS) is 14.2. The van der Waals surface area contributed by atoms with Gasteiger partial charge in [-0.25, -0.2) is 9.78 Å². The number of aromatic nitrogens is 5. The van der Waals surface area contributed by atoms with Gasteiger partial charge in [-0.1, -0.05) is 50.2 Å². The second-order valence-corrected chi connectivity index (χ2v) is 10.2. The van der Waals surface area contributed by atoms with Crippen LogP contribution in [-0.2, 0) is 21.5 Å². The molecular weight excluding hydrogens is 542 g/mol. The number of hydrogen-bond donors (Lipinski definition) is 2. The molecule has 0 aliphatic heterocycles. The maximum Gasteiger partial charge on any atom is 0.411 e. The molecule has 13 heteroatoms. The van der Waals surface area contributed by atoms with Crippen LogP contribution in [0.4, 0.5) is 10.5 Å². The van der Waals surface area contributed by atoms with Gasteiger partial charge in [0.2, 0.25) is 17.6 Å². The van der Waals surface area contributed by atoms with Gasteiger partial charge in [-0.3, -0.25) is 29.3 Å². The molecule has 4 aromatic rings. The van der Waals surface area contributed by atoms with Crippen molar-refractivity contribution in [3.05, 3.63) is 88.8 Å². The first kappa shape index (κ1) is 28.3. The smallest absolute Gasteiger partial charge is 0.411 e. The summed E-state index contributed by atoms with van der Waals surface area (Å²) in [4.78, 5) is 60.6. The van der Waals surface area contributed by atoms with E-state index >= 15 is 0 Å². The lowest BCUT2D eigenvalue weighted by atomic mass is 9.99. The van der Waals surface area contributed by atoms with Crippen molar-refractivity contribution < 1.29 is 23.5 Å². The Labute approximate surface area is 240 Å². The second-order valence-electron chi connectivity index (χ2n) is 10.2. The average Bonchev–Trinajstić information content (AvgIpc) is 3.66. The SMILES string of the molecule is COC(=O)Nc1cnc(-c2ccccc2)n(CC(=O)NC(C(=O)c2nnc(C3(c4ccccn4)CC3)o2)C(C)C)c1=O. The molecule has 0 bridgehead atoms. The predicted molar refractivity (Wildman–Crippen MR) is 150 cm³/mol. The third-order valence-corrected chi connectivity index (χ3v) is 7.02. The lowest BCUT2D eigenvalue weighted by Crippen LogP contribution is -2.46. The van der Waals surface area contributed by atoms with Gasteiger partial charge >= 0.3 is 6.09 Å². The van der Waals surface area contributed by atoms with Gasteiger partial charge in [0.1, 0.15) is 18.1 Å². The quantitative estimate of drug-likeness (QED) is 0.270. The molecule has 2 N–H and O–H groups in total. The maximum absolute atomic E-state index is 13.5. The van der Waals surface area contributed by atoms with E-state index in [-0.39, 0.29) is 23.3 Å². The van der Waals surface area contributed by atoms with E-state index in [0.717, 1.165) is 30.2 Å². The Hall–Kier alpha value is -5.20. The Morgan fingerprint density at radius 2 is 1.79 bits per heavy atom. The molecule has 0 spiro atoms. The monoisotopic (exact) mass is 571 g/mol. The number of nitrogens with zero attached hydrogens (tertiary/aromatic N) is 5. The van der Waals surface area contributed by atoms with E-state index in [4.69, 9.17) is 4.42 Å². The number of ketones is 1. The highest BCUT2D eigenvalue weighted by Gasteiger charge is 2.52. The van der Waals surface area contributed by atoms with E-state index in [1.807, 2.05) is 18.2 Å². The summed E-state index contributed by atoms with van der Waals surface area (Å²) in [6.45, 7) is 3.04. The number of carbonyl (C=O) groups excluding carboxylic acids is 3. The van der Waals surface area contributed by atoms with Crippen LogP contribution in [0.5, 0.6) is 0 Å². The number of pyridine rings is 1. The molecule has 1 unspecified atom stereocenters. The molecule has 3 aromatic heterocycles. The number of nitrogens with one attached hydrogen (secondary N) is 2. The number of carbonyl (C=O) groups is 3. The van der Waals surface area contributed by atoms with E-state index in [1.165, 1.54) is 6.20 Å². The van der Waals surface area contributed by atoms with E-state index < -0.39 is 41.3 Å². The molecule has 1 fully saturated rings. The van der Waals surface area contributed by atoms with Crippen LogP contribution in [0, 0.1) is 5.92 Å². The van der Waals surface area contributed by atoms with Crippen LogP contribution >= 0.6 is 0 Å². The summed E-state index contributed by atoms with van der Waals surface area (Å²) < 4.78 is 11.5. The number of rotatable bonds is 10. The fraction of sp³-hybridized carbons (Fsp3) is 0.310. The zero-order valence-corrected chi connectivity index (χ0v) is 23.2. The van der Waals surface area contributed by atoms with Gasteiger partial charge < -0.3 is 14.5 Å². The molecule has 3 heterocycles. The van der Waals surface area contributed by atoms with Gasteiger partial charge in [0.25, 0.3) is 11.4 Å². The first-order valence-corrected chi connectivity index (χ1v) is 13.3. The Morgan fingerprint density at radius 1 is 1.05 bits per heavy atom. The summed E-state index contributed by atoms with van der Waals surface area (Å²) in [5.41, 5.74) is -0.00895. The van der Waals surface area contributed by atoms with E-state index in [0.29, 0.717) is 11.5 Å². The molecule has 1 saturated carbocycles. The Bertz CT molecular complexity index is 1660. The highest BCUT2D eigenvalue weighted by atomic mass is 16.5. The zero-order valence-electron chi connectivity index (χ0n) is 23.2. The van der Waals surface area contributed by atoms with Crippen LogP contribution in [0.3, 0.4) is 0 Å². The third-order valence-electron chi connectivity index (χ3n) is 7.02. The van der Waals surface area contributed by atoms with Crippen molar-refractivity contribution in [2.75, 3.05) is 12.4 Å². The molecule has 216 valence electrons. The maximum atomic E-state index is 13.5. The molecule has 42 heavy (non-hydrogen) atoms. The van der Waals surface area contributed by atoms with Crippen molar-refractivity contribution in [2.24, 2.45) is 5.92 Å². The number of ether oxygens (including phenoxy) is 1. The van der Waals surface area contributed by atoms with Crippen LogP contribution in [0.2, 0.25) is 0 Å². The number of anilines is 1. The first-order valence-electron chi connectivity index (χ1n) is 13.3. The molecule has 1 aliphatic carbocycles. The van der Waals surface area contributed by atoms with Crippen molar-refractivity contribution in [1.29, 1.82) is 0 Å². The van der Waals surface area contributed by atoms with Crippen molar-refractivity contribution in [3.63, 3.8) is 0 Å². The van der Waals surface area contributed by atoms with E-state index in [2.05, 4.69) is 35.5 Å². The number of amides is 2. The van der Waals surface area contributed by atoms with Gasteiger partial charge in [0.15, 0.2) is 0 Å². The van der Waals surface area contributed by atoms with Crippen LogP contribution in [-0.4, -0.2) is 55.7 Å². The predicted octanol–water partition coefficient (Wildman–Crippen LogP) is 2.97. The summed E-state index contributed by atoms with van der Waals surface area (Å²) in [7, 11) is 1.16. The standard InChI is InChI=1S/C29H29N7O6/c1-17(2)22(23(38)25-34-35-27(42-25)29(12-13-29)20-11-7-8-14-30-20)33-21(37)16-36-24(18-9-5-4-6-10-18)31-15-19(26(36)39)32-28(40)41-3/h4-11,14-15,17,22H,12-13,16H2,1-3H3,(H,32,40)(H,33,37). The third kappa shape index (κ3) is 5.66. The first-order chi connectivity index (χ1) is 20.2. The summed E-state index contributed by atoms with van der Waals surface area (Å²) in [6.07, 6.45) is 3.55. The summed E-state index contributed by atoms with van der Waals surface area (Å²) >= 11 is 0. The van der Waals surface area contributed by atoms with Crippen molar-refractivity contribution in [1.82, 2.24) is 30.0 Å². The van der Waals surface area contributed by atoms with Gasteiger partial charge in [-0.15, -0.1) is 10.2 Å². The lowest BCUT2D eigenvalue weighted by Gasteiger charge is -2.21. The number of methoxy groups -OCH3 is 1. The topological polar surface area (TPSA) is 171 Å². The summed E-state index contributed by atoms with van der Waals surface area (Å²) in [5, 5.41) is 13.2. The second kappa shape index (κ2) is 11.7. The van der Waals surface area contributed by atoms with Crippen LogP contribution < -0.4 is 16.2 Å². The Balaban J connectivity index is 1.38. The summed E-state index contributed by atoms with van der Waals surface area (Å²) in [6, 6.07) is 13.3. The number of hydrogen-bond acceptors (Lipinski definition) is 10. The lowest BCUT2D eigenvalue weighted by molar-refractivity contribution is -0.122. The van der Waals surface area contributed by atoms with Crippen molar-refractivity contribution in [3.8, 4) is 11.4 Å². The number of Topliss-reactive ketones (excluding diaryl/α,β-unsaturated/α-hetero) is 1. The van der Waals surface area contributed by atoms with Crippen LogP contribution in [0.25, 0.3) is 11.4 Å². The minimum Gasteiger partial charge on any atom is -0.453 e. The molecule has 0 radical (unpaired) electrons. The molecular formula is C29H29N7O6. The zero-order chi connectivity index (χ0) is 29.9. The van der Waals surface area contributed by atoms with E-state index in [1.54, 1.807) is 50.4 Å². The molecule has 2 amide bonds. The molecule has 1 aromatic carbocycles. The minimum atomic E-state index is -1.02. The highest BCUT2D eigenvalue weighted by Crippen LogP contribution is 2.52. The molecule has 1 atom stereocenters. The van der Waals surface area contributed by atoms with Gasteiger partial charge in [-0.05, 0) is 30.9 Å². The number of benzene rings is 1. The molecule has 1 aliphatic rings. The van der Waals surface area contributed by atoms with E-state index in [9.17, 15) is 19.2 Å². The summed E-state index contributed by atoms with van der Waals surface area (Å²) in [5.74, 6) is -1.26. The van der Waals surface area contributed by atoms with Gasteiger partial charge in [-0.2, -0.15) is 0 Å². The Morgan fingerprint density at radius 3 is 2.43 bits per heavy atom. The van der Waals surface area contributed by atoms with Gasteiger partial charge in [0.05, 0.1) is 30.5 Å². The molecule has 13 nitrogen and oxygen atoms in total.